The van der Waals surface area contributed by atoms with Crippen molar-refractivity contribution in [1.29, 1.82) is 0 Å². The van der Waals surface area contributed by atoms with Crippen LogP contribution in [-0.2, 0) is 12.0 Å². The van der Waals surface area contributed by atoms with E-state index in [-0.39, 0.29) is 12.0 Å². The summed E-state index contributed by atoms with van der Waals surface area (Å²) in [6.07, 6.45) is 0. The van der Waals surface area contributed by atoms with Crippen molar-refractivity contribution in [1.82, 2.24) is 0 Å². The Kier molecular flexibility index (Phi) is 4.74. The zero-order valence-electron chi connectivity index (χ0n) is 12.9. The van der Waals surface area contributed by atoms with E-state index in [0.29, 0.717) is 5.75 Å². The van der Waals surface area contributed by atoms with E-state index < -0.39 is 0 Å². The number of benzene rings is 2. The third-order valence-corrected chi connectivity index (χ3v) is 3.86. The largest absolute Gasteiger partial charge is 0.457 e. The second-order valence-corrected chi connectivity index (χ2v) is 7.18. The highest BCUT2D eigenvalue weighted by atomic mass is 79.9. The van der Waals surface area contributed by atoms with Crippen LogP contribution in [0.4, 0.5) is 0 Å². The smallest absolute Gasteiger partial charge is 0.134 e. The molecular weight excluding hydrogens is 328 g/mol. The van der Waals surface area contributed by atoms with Gasteiger partial charge in [-0.3, -0.25) is 0 Å². The molecule has 21 heavy (non-hydrogen) atoms. The van der Waals surface area contributed by atoms with Gasteiger partial charge in [0.1, 0.15) is 11.5 Å². The molecule has 0 bridgehead atoms. The van der Waals surface area contributed by atoms with Gasteiger partial charge >= 0.3 is 0 Å². The van der Waals surface area contributed by atoms with Crippen molar-refractivity contribution in [3.8, 4) is 11.5 Å². The molecule has 0 aliphatic heterocycles. The Balaban J connectivity index is 2.49. The molecule has 0 atom stereocenters. The lowest BCUT2D eigenvalue weighted by Gasteiger charge is -2.23. The lowest BCUT2D eigenvalue weighted by atomic mass is 9.86. The van der Waals surface area contributed by atoms with Gasteiger partial charge in [0.2, 0.25) is 0 Å². The van der Waals surface area contributed by atoms with Crippen LogP contribution < -0.4 is 4.74 Å². The van der Waals surface area contributed by atoms with Gasteiger partial charge < -0.3 is 9.84 Å². The summed E-state index contributed by atoms with van der Waals surface area (Å²) in [7, 11) is 0. The molecule has 2 nitrogen and oxygen atoms in total. The zero-order chi connectivity index (χ0) is 15.6. The van der Waals surface area contributed by atoms with Crippen molar-refractivity contribution in [3.63, 3.8) is 0 Å². The van der Waals surface area contributed by atoms with E-state index in [9.17, 15) is 5.11 Å². The standard InChI is InChI=1S/C18H21BrO2/c1-12-5-8-15(18(2,3)4)17(9-12)21-16-10-14(19)7-6-13(16)11-20/h5-10,20H,11H2,1-4H3. The molecule has 0 radical (unpaired) electrons. The Hall–Kier alpha value is -1.32. The SMILES string of the molecule is Cc1ccc(C(C)(C)C)c(Oc2cc(Br)ccc2CO)c1. The van der Waals surface area contributed by atoms with Gasteiger partial charge in [-0.15, -0.1) is 0 Å². The van der Waals surface area contributed by atoms with Crippen molar-refractivity contribution in [2.45, 2.75) is 39.7 Å². The fourth-order valence-electron chi connectivity index (χ4n) is 2.21. The van der Waals surface area contributed by atoms with E-state index >= 15 is 0 Å². The number of ether oxygens (including phenoxy) is 1. The first kappa shape index (κ1) is 16.1. The average Bonchev–Trinajstić information content (AvgIpc) is 2.37. The lowest BCUT2D eigenvalue weighted by molar-refractivity contribution is 0.276. The molecular formula is C18H21BrO2. The summed E-state index contributed by atoms with van der Waals surface area (Å²) in [5, 5.41) is 9.48. The average molecular weight is 349 g/mol. The van der Waals surface area contributed by atoms with Crippen molar-refractivity contribution in [2.24, 2.45) is 0 Å². The summed E-state index contributed by atoms with van der Waals surface area (Å²) in [6.45, 7) is 8.50. The van der Waals surface area contributed by atoms with Crippen LogP contribution in [0.3, 0.4) is 0 Å². The summed E-state index contributed by atoms with van der Waals surface area (Å²) < 4.78 is 7.06. The monoisotopic (exact) mass is 348 g/mol. The van der Waals surface area contributed by atoms with Gasteiger partial charge in [0.25, 0.3) is 0 Å². The molecule has 112 valence electrons. The van der Waals surface area contributed by atoms with Crippen LogP contribution in [0.25, 0.3) is 0 Å². The summed E-state index contributed by atoms with van der Waals surface area (Å²) in [5.74, 6) is 1.53. The predicted molar refractivity (Wildman–Crippen MR) is 90.0 cm³/mol. The number of hydrogen-bond acceptors (Lipinski definition) is 2. The van der Waals surface area contributed by atoms with Gasteiger partial charge in [-0.05, 0) is 36.1 Å². The first-order valence-corrected chi connectivity index (χ1v) is 7.79. The Bertz CT molecular complexity index is 642. The van der Waals surface area contributed by atoms with Crippen LogP contribution in [-0.4, -0.2) is 5.11 Å². The van der Waals surface area contributed by atoms with E-state index in [1.807, 2.05) is 31.2 Å². The zero-order valence-corrected chi connectivity index (χ0v) is 14.5. The van der Waals surface area contributed by atoms with E-state index in [2.05, 4.69) is 48.8 Å². The van der Waals surface area contributed by atoms with Crippen LogP contribution in [0.1, 0.15) is 37.5 Å². The molecule has 0 heterocycles. The third-order valence-electron chi connectivity index (χ3n) is 3.36. The second kappa shape index (κ2) is 6.20. The predicted octanol–water partition coefficient (Wildman–Crippen LogP) is 5.34. The Morgan fingerprint density at radius 3 is 2.38 bits per heavy atom. The number of rotatable bonds is 3. The number of aryl methyl sites for hydroxylation is 1. The quantitative estimate of drug-likeness (QED) is 0.811. The minimum absolute atomic E-state index is 0.00553. The summed E-state index contributed by atoms with van der Waals surface area (Å²) in [6, 6.07) is 11.9. The second-order valence-electron chi connectivity index (χ2n) is 6.26. The van der Waals surface area contributed by atoms with Crippen LogP contribution in [0.2, 0.25) is 0 Å². The molecule has 0 amide bonds. The van der Waals surface area contributed by atoms with Gasteiger partial charge in [-0.2, -0.15) is 0 Å². The number of hydrogen-bond donors (Lipinski definition) is 1. The van der Waals surface area contributed by atoms with Crippen LogP contribution in [0, 0.1) is 6.92 Å². The van der Waals surface area contributed by atoms with Gasteiger partial charge in [-0.1, -0.05) is 54.9 Å². The fourth-order valence-corrected chi connectivity index (χ4v) is 2.55. The maximum Gasteiger partial charge on any atom is 0.134 e. The maximum absolute atomic E-state index is 9.48. The van der Waals surface area contributed by atoms with Crippen LogP contribution in [0.5, 0.6) is 11.5 Å². The highest BCUT2D eigenvalue weighted by molar-refractivity contribution is 9.10. The first-order chi connectivity index (χ1) is 9.81. The van der Waals surface area contributed by atoms with Crippen molar-refractivity contribution < 1.29 is 9.84 Å². The molecule has 0 aromatic heterocycles. The number of aliphatic hydroxyl groups excluding tert-OH is 1. The molecule has 0 spiro atoms. The molecule has 0 saturated heterocycles. The van der Waals surface area contributed by atoms with Gasteiger partial charge in [0, 0.05) is 15.6 Å². The summed E-state index contributed by atoms with van der Waals surface area (Å²) in [4.78, 5) is 0. The molecule has 0 aliphatic carbocycles. The summed E-state index contributed by atoms with van der Waals surface area (Å²) in [5.41, 5.74) is 3.07. The maximum atomic E-state index is 9.48. The number of aliphatic hydroxyl groups is 1. The highest BCUT2D eigenvalue weighted by Crippen LogP contribution is 2.36. The minimum Gasteiger partial charge on any atom is -0.457 e. The lowest BCUT2D eigenvalue weighted by Crippen LogP contribution is -2.12. The van der Waals surface area contributed by atoms with Crippen molar-refractivity contribution in [3.05, 3.63) is 57.6 Å². The molecule has 0 aliphatic rings. The molecule has 1 N–H and O–H groups in total. The van der Waals surface area contributed by atoms with Crippen LogP contribution in [0.15, 0.2) is 40.9 Å². The Labute approximate surface area is 134 Å². The molecule has 0 fully saturated rings. The van der Waals surface area contributed by atoms with Gasteiger partial charge in [0.15, 0.2) is 0 Å². The highest BCUT2D eigenvalue weighted by Gasteiger charge is 2.20. The van der Waals surface area contributed by atoms with Gasteiger partial charge in [-0.25, -0.2) is 0 Å². The Morgan fingerprint density at radius 2 is 1.76 bits per heavy atom. The molecule has 3 heteroatoms. The Morgan fingerprint density at radius 1 is 1.05 bits per heavy atom. The first-order valence-electron chi connectivity index (χ1n) is 6.99. The molecule has 0 saturated carbocycles. The molecule has 2 aromatic rings. The van der Waals surface area contributed by atoms with E-state index in [0.717, 1.165) is 26.9 Å². The van der Waals surface area contributed by atoms with Crippen LogP contribution >= 0.6 is 15.9 Å². The minimum atomic E-state index is -0.0424. The number of halogens is 1. The van der Waals surface area contributed by atoms with E-state index in [1.54, 1.807) is 0 Å². The summed E-state index contributed by atoms with van der Waals surface area (Å²) >= 11 is 3.45. The fraction of sp³-hybridized carbons (Fsp3) is 0.333. The molecule has 0 unspecified atom stereocenters. The normalized spacial score (nSPS) is 11.5. The third kappa shape index (κ3) is 3.86. The molecule has 2 rings (SSSR count). The van der Waals surface area contributed by atoms with Crippen molar-refractivity contribution in [2.75, 3.05) is 0 Å². The van der Waals surface area contributed by atoms with Crippen molar-refractivity contribution >= 4 is 15.9 Å². The topological polar surface area (TPSA) is 29.5 Å². The van der Waals surface area contributed by atoms with E-state index in [4.69, 9.17) is 4.74 Å². The molecule has 2 aromatic carbocycles. The van der Waals surface area contributed by atoms with E-state index in [1.165, 1.54) is 0 Å². The van der Waals surface area contributed by atoms with Gasteiger partial charge in [0.05, 0.1) is 6.61 Å².